The second-order valence-corrected chi connectivity index (χ2v) is 6.60. The quantitative estimate of drug-likeness (QED) is 0.946. The maximum atomic E-state index is 12.2. The third kappa shape index (κ3) is 2.71. The van der Waals surface area contributed by atoms with Crippen LogP contribution in [0.2, 0.25) is 0 Å². The molecule has 2 heterocycles. The van der Waals surface area contributed by atoms with Gasteiger partial charge in [0.2, 0.25) is 0 Å². The first-order valence-electron chi connectivity index (χ1n) is 8.09. The minimum Gasteiger partial charge on any atom is -0.310 e. The lowest BCUT2D eigenvalue weighted by Crippen LogP contribution is -2.35. The molecule has 1 aromatic heterocycles. The molecule has 0 bridgehead atoms. The lowest BCUT2D eigenvalue weighted by atomic mass is 10.0. The van der Waals surface area contributed by atoms with Gasteiger partial charge in [0.15, 0.2) is 0 Å². The minimum absolute atomic E-state index is 0.0853. The Hall–Kier alpha value is -1.94. The zero-order valence-electron chi connectivity index (χ0n) is 12.9. The van der Waals surface area contributed by atoms with Gasteiger partial charge in [-0.2, -0.15) is 0 Å². The second-order valence-electron chi connectivity index (χ2n) is 6.60. The Morgan fingerprint density at radius 2 is 2.23 bits per heavy atom. The molecule has 4 nitrogen and oxygen atoms in total. The number of aryl methyl sites for hydroxylation is 1. The smallest absolute Gasteiger partial charge is 0.254 e. The van der Waals surface area contributed by atoms with Gasteiger partial charge >= 0.3 is 0 Å². The lowest BCUT2D eigenvalue weighted by molar-refractivity contribution is 0.240. The number of rotatable bonds is 3. The summed E-state index contributed by atoms with van der Waals surface area (Å²) in [6.07, 6.45) is 3.12. The average molecular weight is 295 g/mol. The van der Waals surface area contributed by atoms with Gasteiger partial charge in [-0.05, 0) is 31.7 Å². The van der Waals surface area contributed by atoms with Crippen LogP contribution in [0.4, 0.5) is 0 Å². The Kier molecular flexibility index (Phi) is 3.34. The summed E-state index contributed by atoms with van der Waals surface area (Å²) >= 11 is 0. The number of benzene rings is 1. The minimum atomic E-state index is 0.0853. The van der Waals surface area contributed by atoms with Gasteiger partial charge in [-0.15, -0.1) is 0 Å². The SMILES string of the molecule is Cc1cccc(CN2CCc3c(nc(C4CC4)[nH]c3=O)C2)c1. The Bertz CT molecular complexity index is 761. The molecule has 0 unspecified atom stereocenters. The van der Waals surface area contributed by atoms with Crippen molar-refractivity contribution in [3.05, 3.63) is 62.8 Å². The number of fused-ring (bicyclic) bond motifs is 1. The zero-order chi connectivity index (χ0) is 15.1. The molecule has 2 aliphatic rings. The predicted molar refractivity (Wildman–Crippen MR) is 85.8 cm³/mol. The van der Waals surface area contributed by atoms with Crippen molar-refractivity contribution in [2.75, 3.05) is 6.54 Å². The molecule has 0 amide bonds. The van der Waals surface area contributed by atoms with E-state index >= 15 is 0 Å². The average Bonchev–Trinajstić information content (AvgIpc) is 3.31. The molecular weight excluding hydrogens is 274 g/mol. The molecule has 1 aliphatic heterocycles. The molecule has 0 radical (unpaired) electrons. The van der Waals surface area contributed by atoms with Gasteiger partial charge in [0.1, 0.15) is 5.82 Å². The molecule has 0 spiro atoms. The molecular formula is C18H21N3O. The van der Waals surface area contributed by atoms with E-state index in [9.17, 15) is 4.79 Å². The van der Waals surface area contributed by atoms with Crippen molar-refractivity contribution < 1.29 is 0 Å². The highest BCUT2D eigenvalue weighted by atomic mass is 16.1. The third-order valence-electron chi connectivity index (χ3n) is 4.62. The number of nitrogens with zero attached hydrogens (tertiary/aromatic N) is 2. The number of H-pyrrole nitrogens is 1. The van der Waals surface area contributed by atoms with Crippen LogP contribution >= 0.6 is 0 Å². The van der Waals surface area contributed by atoms with Crippen LogP contribution in [-0.4, -0.2) is 21.4 Å². The highest BCUT2D eigenvalue weighted by molar-refractivity contribution is 5.25. The molecule has 2 aromatic rings. The standard InChI is InChI=1S/C18H21N3O/c1-12-3-2-4-13(9-12)10-21-8-7-15-16(11-21)19-17(14-5-6-14)20-18(15)22/h2-4,9,14H,5-8,10-11H2,1H3,(H,19,20,22). The van der Waals surface area contributed by atoms with Gasteiger partial charge in [-0.1, -0.05) is 29.8 Å². The zero-order valence-corrected chi connectivity index (χ0v) is 12.9. The predicted octanol–water partition coefficient (Wildman–Crippen LogP) is 2.51. The van der Waals surface area contributed by atoms with Gasteiger partial charge in [0, 0.05) is 31.1 Å². The molecule has 1 fully saturated rings. The van der Waals surface area contributed by atoms with Gasteiger partial charge < -0.3 is 4.98 Å². The van der Waals surface area contributed by atoms with Crippen LogP contribution < -0.4 is 5.56 Å². The van der Waals surface area contributed by atoms with E-state index in [1.54, 1.807) is 0 Å². The van der Waals surface area contributed by atoms with Crippen molar-refractivity contribution in [1.82, 2.24) is 14.9 Å². The van der Waals surface area contributed by atoms with E-state index in [-0.39, 0.29) is 5.56 Å². The van der Waals surface area contributed by atoms with Crippen LogP contribution in [0.25, 0.3) is 0 Å². The summed E-state index contributed by atoms with van der Waals surface area (Å²) in [5.41, 5.74) is 4.59. The molecule has 0 atom stereocenters. The number of nitrogens with one attached hydrogen (secondary N) is 1. The summed E-state index contributed by atoms with van der Waals surface area (Å²) in [6.45, 7) is 4.76. The fourth-order valence-electron chi connectivity index (χ4n) is 3.27. The molecule has 22 heavy (non-hydrogen) atoms. The van der Waals surface area contributed by atoms with E-state index in [1.807, 2.05) is 0 Å². The second kappa shape index (κ2) is 5.36. The summed E-state index contributed by atoms with van der Waals surface area (Å²) in [7, 11) is 0. The van der Waals surface area contributed by atoms with Crippen LogP contribution in [0.15, 0.2) is 29.1 Å². The van der Waals surface area contributed by atoms with Crippen molar-refractivity contribution >= 4 is 0 Å². The Labute approximate surface area is 130 Å². The molecule has 114 valence electrons. The monoisotopic (exact) mass is 295 g/mol. The van der Waals surface area contributed by atoms with E-state index in [0.29, 0.717) is 5.92 Å². The molecule has 1 saturated carbocycles. The van der Waals surface area contributed by atoms with Gasteiger partial charge in [0.25, 0.3) is 5.56 Å². The number of aromatic nitrogens is 2. The molecule has 0 saturated heterocycles. The van der Waals surface area contributed by atoms with Gasteiger partial charge in [-0.3, -0.25) is 9.69 Å². The Morgan fingerprint density at radius 3 is 3.00 bits per heavy atom. The van der Waals surface area contributed by atoms with E-state index in [1.165, 1.54) is 11.1 Å². The summed E-state index contributed by atoms with van der Waals surface area (Å²) in [5.74, 6) is 1.39. The Morgan fingerprint density at radius 1 is 1.36 bits per heavy atom. The van der Waals surface area contributed by atoms with Crippen LogP contribution in [0.5, 0.6) is 0 Å². The van der Waals surface area contributed by atoms with E-state index in [0.717, 1.165) is 56.0 Å². The molecule has 4 heteroatoms. The molecule has 1 aromatic carbocycles. The maximum Gasteiger partial charge on any atom is 0.254 e. The van der Waals surface area contributed by atoms with Crippen LogP contribution in [0, 0.1) is 6.92 Å². The fourth-order valence-corrected chi connectivity index (χ4v) is 3.27. The fraction of sp³-hybridized carbons (Fsp3) is 0.444. The number of aromatic amines is 1. The van der Waals surface area contributed by atoms with E-state index in [2.05, 4.69) is 41.1 Å². The summed E-state index contributed by atoms with van der Waals surface area (Å²) < 4.78 is 0. The van der Waals surface area contributed by atoms with Crippen molar-refractivity contribution in [2.45, 2.75) is 45.2 Å². The van der Waals surface area contributed by atoms with Gasteiger partial charge in [0.05, 0.1) is 5.69 Å². The third-order valence-corrected chi connectivity index (χ3v) is 4.62. The number of hydrogen-bond donors (Lipinski definition) is 1. The van der Waals surface area contributed by atoms with Crippen molar-refractivity contribution in [3.63, 3.8) is 0 Å². The Balaban J connectivity index is 1.56. The first kappa shape index (κ1) is 13.7. The van der Waals surface area contributed by atoms with Crippen molar-refractivity contribution in [3.8, 4) is 0 Å². The number of hydrogen-bond acceptors (Lipinski definition) is 3. The summed E-state index contributed by atoms with van der Waals surface area (Å²) in [4.78, 5) is 22.3. The van der Waals surface area contributed by atoms with E-state index < -0.39 is 0 Å². The largest absolute Gasteiger partial charge is 0.310 e. The normalized spacial score (nSPS) is 18.2. The highest BCUT2D eigenvalue weighted by Gasteiger charge is 2.29. The molecule has 1 aliphatic carbocycles. The lowest BCUT2D eigenvalue weighted by Gasteiger charge is -2.27. The van der Waals surface area contributed by atoms with Crippen LogP contribution in [0.1, 0.15) is 47.0 Å². The van der Waals surface area contributed by atoms with Crippen LogP contribution in [-0.2, 0) is 19.5 Å². The summed E-state index contributed by atoms with van der Waals surface area (Å²) in [5, 5.41) is 0. The van der Waals surface area contributed by atoms with Gasteiger partial charge in [-0.25, -0.2) is 4.98 Å². The highest BCUT2D eigenvalue weighted by Crippen LogP contribution is 2.37. The molecule has 1 N–H and O–H groups in total. The first-order valence-corrected chi connectivity index (χ1v) is 8.09. The topological polar surface area (TPSA) is 49.0 Å². The van der Waals surface area contributed by atoms with Crippen molar-refractivity contribution in [2.24, 2.45) is 0 Å². The molecule has 4 rings (SSSR count). The van der Waals surface area contributed by atoms with Crippen LogP contribution in [0.3, 0.4) is 0 Å². The van der Waals surface area contributed by atoms with E-state index in [4.69, 9.17) is 4.98 Å². The maximum absolute atomic E-state index is 12.2. The summed E-state index contributed by atoms with van der Waals surface area (Å²) in [6, 6.07) is 8.63. The first-order chi connectivity index (χ1) is 10.7. The van der Waals surface area contributed by atoms with Crippen molar-refractivity contribution in [1.29, 1.82) is 0 Å².